The van der Waals surface area contributed by atoms with Gasteiger partial charge in [-0.25, -0.2) is 8.42 Å². The Kier molecular flexibility index (Phi) is 4.70. The molecule has 2 rings (SSSR count). The van der Waals surface area contributed by atoms with Crippen molar-refractivity contribution >= 4 is 15.7 Å². The molecule has 1 N–H and O–H groups in total. The third-order valence-electron chi connectivity index (χ3n) is 3.34. The van der Waals surface area contributed by atoms with Crippen LogP contribution in [-0.2, 0) is 16.4 Å². The molecular formula is C14H13F3N2O4S. The zero-order valence-corrected chi connectivity index (χ0v) is 13.5. The number of amides is 1. The zero-order chi connectivity index (χ0) is 18.1. The molecule has 0 aliphatic rings. The number of rotatable bonds is 4. The summed E-state index contributed by atoms with van der Waals surface area (Å²) in [7, 11) is -5.43. The summed E-state index contributed by atoms with van der Waals surface area (Å²) in [5.74, 6) is -0.0228. The normalized spacial score (nSPS) is 12.2. The maximum Gasteiger partial charge on any atom is 0.501 e. The van der Waals surface area contributed by atoms with Crippen LogP contribution >= 0.6 is 0 Å². The summed E-state index contributed by atoms with van der Waals surface area (Å²) in [4.78, 5) is 11.1. The minimum atomic E-state index is -5.43. The van der Waals surface area contributed by atoms with Gasteiger partial charge in [0.2, 0.25) is 0 Å². The van der Waals surface area contributed by atoms with Crippen LogP contribution in [0.5, 0.6) is 0 Å². The lowest BCUT2D eigenvalue weighted by molar-refractivity contribution is -0.0436. The lowest BCUT2D eigenvalue weighted by Gasteiger charge is -2.09. The van der Waals surface area contributed by atoms with Gasteiger partial charge in [-0.1, -0.05) is 5.16 Å². The average molecular weight is 362 g/mol. The maximum atomic E-state index is 12.4. The third-order valence-corrected chi connectivity index (χ3v) is 4.84. The summed E-state index contributed by atoms with van der Waals surface area (Å²) in [6.45, 7) is 3.51. The molecule has 1 aromatic heterocycles. The van der Waals surface area contributed by atoms with Crippen LogP contribution in [0, 0.1) is 13.8 Å². The molecule has 24 heavy (non-hydrogen) atoms. The number of nitrogens with one attached hydrogen (secondary N) is 1. The number of aromatic nitrogens is 1. The standard InChI is InChI=1S/C14H13F3N2O4S/c1-8-12(9(2)23-19-8)7-18-13(20)10-3-5-11(6-4-10)24(21,22)14(15,16)17/h3-6H,7H2,1-2H3,(H,18,20). The van der Waals surface area contributed by atoms with Crippen molar-refractivity contribution in [1.29, 1.82) is 0 Å². The smallest absolute Gasteiger partial charge is 0.361 e. The molecule has 0 saturated heterocycles. The van der Waals surface area contributed by atoms with Crippen molar-refractivity contribution in [2.24, 2.45) is 0 Å². The number of halogens is 3. The molecule has 10 heteroatoms. The van der Waals surface area contributed by atoms with Gasteiger partial charge in [0, 0.05) is 17.7 Å². The molecule has 0 radical (unpaired) electrons. The molecule has 0 aliphatic carbocycles. The summed E-state index contributed by atoms with van der Waals surface area (Å²) in [6, 6.07) is 3.52. The Bertz CT molecular complexity index is 836. The Morgan fingerprint density at radius 3 is 2.25 bits per heavy atom. The fraction of sp³-hybridized carbons (Fsp3) is 0.286. The van der Waals surface area contributed by atoms with Crippen LogP contribution < -0.4 is 5.32 Å². The fourth-order valence-electron chi connectivity index (χ4n) is 1.94. The first-order valence-corrected chi connectivity index (χ1v) is 8.13. The number of carbonyl (C=O) groups excluding carboxylic acids is 1. The predicted molar refractivity (Wildman–Crippen MR) is 76.8 cm³/mol. The highest BCUT2D eigenvalue weighted by Crippen LogP contribution is 2.30. The second kappa shape index (κ2) is 6.27. The molecule has 0 atom stereocenters. The van der Waals surface area contributed by atoms with E-state index in [4.69, 9.17) is 4.52 Å². The first kappa shape index (κ1) is 18.0. The molecule has 0 fully saturated rings. The Balaban J connectivity index is 2.12. The summed E-state index contributed by atoms with van der Waals surface area (Å²) >= 11 is 0. The van der Waals surface area contributed by atoms with Gasteiger partial charge < -0.3 is 9.84 Å². The van der Waals surface area contributed by atoms with Crippen molar-refractivity contribution in [3.8, 4) is 0 Å². The van der Waals surface area contributed by atoms with E-state index in [-0.39, 0.29) is 12.1 Å². The topological polar surface area (TPSA) is 89.3 Å². The van der Waals surface area contributed by atoms with Crippen LogP contribution in [0.25, 0.3) is 0 Å². The average Bonchev–Trinajstić information content (AvgIpc) is 2.82. The highest BCUT2D eigenvalue weighted by atomic mass is 32.2. The van der Waals surface area contributed by atoms with Crippen LogP contribution in [0.3, 0.4) is 0 Å². The predicted octanol–water partition coefficient (Wildman–Crippen LogP) is 2.51. The van der Waals surface area contributed by atoms with E-state index in [9.17, 15) is 26.4 Å². The number of aryl methyl sites for hydroxylation is 2. The van der Waals surface area contributed by atoms with E-state index in [0.29, 0.717) is 17.0 Å². The number of hydrogen-bond acceptors (Lipinski definition) is 5. The van der Waals surface area contributed by atoms with Gasteiger partial charge in [-0.3, -0.25) is 4.79 Å². The van der Waals surface area contributed by atoms with Crippen LogP contribution in [0.2, 0.25) is 0 Å². The van der Waals surface area contributed by atoms with Gasteiger partial charge in [0.05, 0.1) is 10.6 Å². The van der Waals surface area contributed by atoms with E-state index >= 15 is 0 Å². The van der Waals surface area contributed by atoms with Gasteiger partial charge in [-0.2, -0.15) is 13.2 Å². The van der Waals surface area contributed by atoms with Crippen molar-refractivity contribution < 1.29 is 30.9 Å². The highest BCUT2D eigenvalue weighted by molar-refractivity contribution is 7.92. The zero-order valence-electron chi connectivity index (χ0n) is 12.6. The summed E-state index contributed by atoms with van der Waals surface area (Å²) in [6.07, 6.45) is 0. The molecule has 6 nitrogen and oxygen atoms in total. The number of carbonyl (C=O) groups is 1. The van der Waals surface area contributed by atoms with Crippen LogP contribution in [0.4, 0.5) is 13.2 Å². The lowest BCUT2D eigenvalue weighted by Crippen LogP contribution is -2.24. The lowest BCUT2D eigenvalue weighted by atomic mass is 10.2. The number of sulfone groups is 1. The van der Waals surface area contributed by atoms with E-state index in [1.54, 1.807) is 13.8 Å². The van der Waals surface area contributed by atoms with Crippen molar-refractivity contribution in [2.45, 2.75) is 30.8 Å². The van der Waals surface area contributed by atoms with Gasteiger partial charge in [-0.15, -0.1) is 0 Å². The molecule has 0 saturated carbocycles. The molecule has 1 heterocycles. The number of alkyl halides is 3. The maximum absolute atomic E-state index is 12.4. The van der Waals surface area contributed by atoms with E-state index in [2.05, 4.69) is 10.5 Å². The minimum absolute atomic E-state index is 0.0304. The van der Waals surface area contributed by atoms with E-state index in [1.807, 2.05) is 0 Å². The first-order chi connectivity index (χ1) is 11.0. The van der Waals surface area contributed by atoms with Crippen LogP contribution in [0.15, 0.2) is 33.7 Å². The summed E-state index contributed by atoms with van der Waals surface area (Å²) in [5.41, 5.74) is -4.05. The Labute approximate surface area is 135 Å². The largest absolute Gasteiger partial charge is 0.501 e. The Hall–Kier alpha value is -2.36. The Morgan fingerprint density at radius 2 is 1.79 bits per heavy atom. The minimum Gasteiger partial charge on any atom is -0.361 e. The molecule has 1 aromatic carbocycles. The van der Waals surface area contributed by atoms with Crippen molar-refractivity contribution in [2.75, 3.05) is 0 Å². The van der Waals surface area contributed by atoms with E-state index in [0.717, 1.165) is 24.3 Å². The van der Waals surface area contributed by atoms with Crippen molar-refractivity contribution in [3.05, 3.63) is 46.8 Å². The van der Waals surface area contributed by atoms with Gasteiger partial charge >= 0.3 is 5.51 Å². The van der Waals surface area contributed by atoms with Gasteiger partial charge in [0.25, 0.3) is 15.7 Å². The van der Waals surface area contributed by atoms with Gasteiger partial charge in [0.1, 0.15) is 5.76 Å². The molecule has 0 unspecified atom stereocenters. The molecule has 0 bridgehead atoms. The second-order valence-corrected chi connectivity index (χ2v) is 6.90. The van der Waals surface area contributed by atoms with E-state index in [1.165, 1.54) is 0 Å². The molecule has 2 aromatic rings. The van der Waals surface area contributed by atoms with Gasteiger partial charge in [-0.05, 0) is 38.1 Å². The highest BCUT2D eigenvalue weighted by Gasteiger charge is 2.46. The second-order valence-electron chi connectivity index (χ2n) is 4.96. The number of hydrogen-bond donors (Lipinski definition) is 1. The molecule has 1 amide bonds. The van der Waals surface area contributed by atoms with Crippen molar-refractivity contribution in [1.82, 2.24) is 10.5 Å². The monoisotopic (exact) mass is 362 g/mol. The molecular weight excluding hydrogens is 349 g/mol. The molecule has 0 spiro atoms. The summed E-state index contributed by atoms with van der Waals surface area (Å²) < 4.78 is 64.8. The summed E-state index contributed by atoms with van der Waals surface area (Å²) in [5, 5.41) is 6.29. The molecule has 0 aliphatic heterocycles. The van der Waals surface area contributed by atoms with Crippen molar-refractivity contribution in [3.63, 3.8) is 0 Å². The SMILES string of the molecule is Cc1noc(C)c1CNC(=O)c1ccc(S(=O)(=O)C(F)(F)F)cc1. The number of benzene rings is 1. The van der Waals surface area contributed by atoms with Gasteiger partial charge in [0.15, 0.2) is 0 Å². The first-order valence-electron chi connectivity index (χ1n) is 6.65. The molecule has 130 valence electrons. The fourth-order valence-corrected chi connectivity index (χ4v) is 2.71. The van der Waals surface area contributed by atoms with Crippen LogP contribution in [0.1, 0.15) is 27.4 Å². The van der Waals surface area contributed by atoms with Crippen LogP contribution in [-0.4, -0.2) is 25.0 Å². The third kappa shape index (κ3) is 3.42. The number of nitrogens with zero attached hydrogens (tertiary/aromatic N) is 1. The quantitative estimate of drug-likeness (QED) is 0.903. The Morgan fingerprint density at radius 1 is 1.21 bits per heavy atom. The van der Waals surface area contributed by atoms with E-state index < -0.39 is 26.1 Å².